The van der Waals surface area contributed by atoms with Crippen LogP contribution in [0.3, 0.4) is 0 Å². The van der Waals surface area contributed by atoms with Crippen molar-refractivity contribution in [1.82, 2.24) is 25.4 Å². The van der Waals surface area contributed by atoms with Crippen molar-refractivity contribution in [1.29, 1.82) is 0 Å². The first-order valence-electron chi connectivity index (χ1n) is 21.9. The number of alkyl carbamates (subject to hydrolysis) is 1. The molecule has 0 radical (unpaired) electrons. The summed E-state index contributed by atoms with van der Waals surface area (Å²) in [6.45, 7) is 3.89. The van der Waals surface area contributed by atoms with E-state index >= 15 is 0 Å². The molecule has 9 rings (SSSR count). The summed E-state index contributed by atoms with van der Waals surface area (Å²) in [5, 5.41) is 27.9. The van der Waals surface area contributed by atoms with Crippen LogP contribution >= 0.6 is 0 Å². The Kier molecular flexibility index (Phi) is 14.2. The van der Waals surface area contributed by atoms with Gasteiger partial charge in [-0.1, -0.05) is 72.8 Å². The maximum Gasteiger partial charge on any atom is 0.408 e. The number of nitrogens with zero attached hydrogens (tertiary/aromatic N) is 2. The minimum absolute atomic E-state index is 0.00248. The number of likely N-dealkylation sites (N-methyl/N-ethyl adjacent to an activating group) is 1. The van der Waals surface area contributed by atoms with Gasteiger partial charge in [-0.2, -0.15) is 0 Å². The molecule has 3 atom stereocenters. The minimum atomic E-state index is -0.924. The second-order valence-electron chi connectivity index (χ2n) is 16.6. The number of nitrogens with one attached hydrogen (secondary N) is 3. The van der Waals surface area contributed by atoms with Crippen molar-refractivity contribution in [3.05, 3.63) is 177 Å². The molecule has 5 aromatic carbocycles. The SMILES string of the molecule is CN(CCOC(=O)c1ccc(COc2cccc([C@@H](NC(=O)OC3CN4CCC3CC4)c3ccccc3)c2)cc1)C(=O)c1cccc(CNCC(O)c2ccc(O)c3[nH]c(=O)ccc23)c1. The Morgan fingerprint density at radius 3 is 2.38 bits per heavy atom. The lowest BCUT2D eigenvalue weighted by Gasteiger charge is -2.43. The van der Waals surface area contributed by atoms with Crippen LogP contribution in [0.5, 0.6) is 11.5 Å². The average molecular weight is 880 g/mol. The first kappa shape index (κ1) is 44.6. The Bertz CT molecular complexity index is 2670. The molecule has 14 nitrogen and oxygen atoms in total. The Morgan fingerprint density at radius 1 is 0.846 bits per heavy atom. The fourth-order valence-electron chi connectivity index (χ4n) is 8.53. The monoisotopic (exact) mass is 879 g/mol. The number of aliphatic hydroxyl groups excluding tert-OH is 1. The standard InChI is InChI=1S/C51H53N5O9/c1-55(49(60)39-11-5-7-34(27-39)29-52-30-44(58)41-17-19-43(57)48-42(41)18-20-46(59)53-48)25-26-63-50(61)37-15-13-33(14-16-37)32-64-40-12-6-10-38(28-40)47(36-8-3-2-4-9-36)54-51(62)65-45-31-56-23-21-35(45)22-24-56/h2-20,27-28,35,44-45,47,52,57-58H,21-26,29-32H2,1H3,(H,53,59)(H,54,62)/t44?,45?,47-/m0/s1. The highest BCUT2D eigenvalue weighted by Crippen LogP contribution is 2.32. The molecule has 0 spiro atoms. The summed E-state index contributed by atoms with van der Waals surface area (Å²) >= 11 is 0. The number of aromatic nitrogens is 1. The number of phenols is 1. The van der Waals surface area contributed by atoms with E-state index in [-0.39, 0.29) is 55.1 Å². The number of piperidine rings is 3. The largest absolute Gasteiger partial charge is 0.506 e. The van der Waals surface area contributed by atoms with Crippen molar-refractivity contribution < 1.29 is 38.8 Å². The van der Waals surface area contributed by atoms with Gasteiger partial charge in [0.2, 0.25) is 5.56 Å². The Hall–Kier alpha value is -7.00. The van der Waals surface area contributed by atoms with Crippen LogP contribution in [0.2, 0.25) is 0 Å². The number of H-pyrrole nitrogens is 1. The predicted molar refractivity (Wildman–Crippen MR) is 245 cm³/mol. The number of amides is 2. The van der Waals surface area contributed by atoms with E-state index in [1.54, 1.807) is 61.6 Å². The molecule has 5 N–H and O–H groups in total. The van der Waals surface area contributed by atoms with Gasteiger partial charge in [-0.25, -0.2) is 9.59 Å². The zero-order valence-corrected chi connectivity index (χ0v) is 36.2. The van der Waals surface area contributed by atoms with Crippen LogP contribution in [0.4, 0.5) is 4.79 Å². The number of phenolic OH excluding ortho intramolecular Hbond substituents is 1. The number of ether oxygens (including phenoxy) is 3. The first-order chi connectivity index (χ1) is 31.6. The van der Waals surface area contributed by atoms with Crippen LogP contribution in [0.15, 0.2) is 132 Å². The van der Waals surface area contributed by atoms with E-state index in [0.717, 1.165) is 54.7 Å². The molecule has 1 aromatic heterocycles. The van der Waals surface area contributed by atoms with E-state index in [2.05, 4.69) is 20.5 Å². The number of rotatable bonds is 17. The van der Waals surface area contributed by atoms with Crippen molar-refractivity contribution in [3.63, 3.8) is 0 Å². The third-order valence-electron chi connectivity index (χ3n) is 12.1. The normalized spacial score (nSPS) is 17.5. The Balaban J connectivity index is 0.785. The van der Waals surface area contributed by atoms with Gasteiger partial charge in [0.05, 0.1) is 29.8 Å². The molecule has 6 aromatic rings. The van der Waals surface area contributed by atoms with Crippen LogP contribution in [0, 0.1) is 5.92 Å². The van der Waals surface area contributed by atoms with E-state index in [1.807, 2.05) is 60.7 Å². The number of pyridine rings is 1. The summed E-state index contributed by atoms with van der Waals surface area (Å²) in [5.41, 5.74) is 4.73. The average Bonchev–Trinajstić information content (AvgIpc) is 3.33. The number of fused-ring (bicyclic) bond motifs is 4. The fraction of sp³-hybridized carbons (Fsp3) is 0.294. The smallest absolute Gasteiger partial charge is 0.408 e. The van der Waals surface area contributed by atoms with Gasteiger partial charge in [0.1, 0.15) is 30.8 Å². The highest BCUT2D eigenvalue weighted by atomic mass is 16.6. The predicted octanol–water partition coefficient (Wildman–Crippen LogP) is 6.47. The van der Waals surface area contributed by atoms with Gasteiger partial charge in [0.15, 0.2) is 0 Å². The number of esters is 1. The van der Waals surface area contributed by atoms with Crippen molar-refractivity contribution >= 4 is 28.9 Å². The summed E-state index contributed by atoms with van der Waals surface area (Å²) in [6.07, 6.45) is 0.646. The van der Waals surface area contributed by atoms with Gasteiger partial charge in [0.25, 0.3) is 5.91 Å². The van der Waals surface area contributed by atoms with Crippen LogP contribution in [0.1, 0.15) is 73.5 Å². The lowest BCUT2D eigenvalue weighted by Crippen LogP contribution is -2.52. The van der Waals surface area contributed by atoms with E-state index in [4.69, 9.17) is 14.2 Å². The molecule has 3 aliphatic heterocycles. The summed E-state index contributed by atoms with van der Waals surface area (Å²) in [5.74, 6) is 0.196. The van der Waals surface area contributed by atoms with Crippen molar-refractivity contribution in [2.45, 2.75) is 44.2 Å². The summed E-state index contributed by atoms with van der Waals surface area (Å²) in [7, 11) is 1.64. The second kappa shape index (κ2) is 20.7. The first-order valence-corrected chi connectivity index (χ1v) is 21.9. The molecule has 65 heavy (non-hydrogen) atoms. The van der Waals surface area contributed by atoms with Crippen LogP contribution < -0.4 is 20.9 Å². The fourth-order valence-corrected chi connectivity index (χ4v) is 8.53. The van der Waals surface area contributed by atoms with E-state index in [9.17, 15) is 29.4 Å². The van der Waals surface area contributed by atoms with E-state index < -0.39 is 24.2 Å². The molecule has 3 saturated heterocycles. The van der Waals surface area contributed by atoms with E-state index in [0.29, 0.717) is 40.3 Å². The number of aliphatic hydroxyl groups is 1. The van der Waals surface area contributed by atoms with Crippen LogP contribution in [-0.2, 0) is 22.6 Å². The lowest BCUT2D eigenvalue weighted by molar-refractivity contribution is -0.0336. The van der Waals surface area contributed by atoms with Crippen molar-refractivity contribution in [2.75, 3.05) is 46.4 Å². The quantitative estimate of drug-likeness (QED) is 0.0633. The highest BCUT2D eigenvalue weighted by molar-refractivity contribution is 5.94. The summed E-state index contributed by atoms with van der Waals surface area (Å²) < 4.78 is 17.7. The minimum Gasteiger partial charge on any atom is -0.506 e. The molecule has 2 amide bonds. The molecule has 14 heteroatoms. The van der Waals surface area contributed by atoms with Crippen molar-refractivity contribution in [2.24, 2.45) is 5.92 Å². The zero-order chi connectivity index (χ0) is 45.3. The lowest BCUT2D eigenvalue weighted by atomic mass is 9.86. The molecule has 3 aliphatic rings. The molecular weight excluding hydrogens is 827 g/mol. The molecular formula is C51H53N5O9. The van der Waals surface area contributed by atoms with Gasteiger partial charge in [-0.15, -0.1) is 0 Å². The van der Waals surface area contributed by atoms with Gasteiger partial charge < -0.3 is 44.9 Å². The number of hydrogen-bond acceptors (Lipinski definition) is 11. The maximum atomic E-state index is 13.3. The van der Waals surface area contributed by atoms with Gasteiger partial charge in [0, 0.05) is 43.7 Å². The Labute approximate surface area is 376 Å². The van der Waals surface area contributed by atoms with E-state index in [1.165, 1.54) is 17.0 Å². The summed E-state index contributed by atoms with van der Waals surface area (Å²) in [6, 6.07) is 37.0. The number of benzene rings is 5. The molecule has 0 saturated carbocycles. The molecule has 336 valence electrons. The highest BCUT2D eigenvalue weighted by Gasteiger charge is 2.37. The third kappa shape index (κ3) is 11.2. The Morgan fingerprint density at radius 2 is 1.62 bits per heavy atom. The number of aromatic hydroxyl groups is 1. The molecule has 2 unspecified atom stereocenters. The molecule has 3 fully saturated rings. The number of carbonyl (C=O) groups excluding carboxylic acids is 3. The van der Waals surface area contributed by atoms with Crippen molar-refractivity contribution in [3.8, 4) is 11.5 Å². The van der Waals surface area contributed by atoms with Gasteiger partial charge >= 0.3 is 12.1 Å². The molecule has 2 bridgehead atoms. The second-order valence-corrected chi connectivity index (χ2v) is 16.6. The summed E-state index contributed by atoms with van der Waals surface area (Å²) in [4.78, 5) is 57.7. The number of carbonyl (C=O) groups is 3. The topological polar surface area (TPSA) is 183 Å². The molecule has 4 heterocycles. The van der Waals surface area contributed by atoms with Crippen LogP contribution in [0.25, 0.3) is 10.9 Å². The number of aromatic amines is 1. The maximum absolute atomic E-state index is 13.3. The third-order valence-corrected chi connectivity index (χ3v) is 12.1. The van der Waals surface area contributed by atoms with Gasteiger partial charge in [-0.3, -0.25) is 14.5 Å². The molecule has 0 aliphatic carbocycles. The van der Waals surface area contributed by atoms with Gasteiger partial charge in [-0.05, 0) is 108 Å². The zero-order valence-electron chi connectivity index (χ0n) is 36.2. The number of hydrogen-bond donors (Lipinski definition) is 5. The van der Waals surface area contributed by atoms with Crippen LogP contribution in [-0.4, -0.2) is 95.4 Å².